The molecular formula is C25H28OS. The van der Waals surface area contributed by atoms with Gasteiger partial charge in [0.25, 0.3) is 0 Å². The van der Waals surface area contributed by atoms with E-state index in [1.807, 2.05) is 11.8 Å². The Labute approximate surface area is 167 Å². The Morgan fingerprint density at radius 1 is 0.667 bits per heavy atom. The van der Waals surface area contributed by atoms with Gasteiger partial charge in [-0.2, -0.15) is 11.8 Å². The fraction of sp³-hybridized carbons (Fsp3) is 0.320. The van der Waals surface area contributed by atoms with Gasteiger partial charge in [0.2, 0.25) is 0 Å². The van der Waals surface area contributed by atoms with E-state index in [4.69, 9.17) is 0 Å². The summed E-state index contributed by atoms with van der Waals surface area (Å²) in [6, 6.07) is 8.55. The van der Waals surface area contributed by atoms with E-state index < -0.39 is 0 Å². The summed E-state index contributed by atoms with van der Waals surface area (Å²) >= 11 is 1.82. The molecule has 1 heterocycles. The average molecular weight is 377 g/mol. The summed E-state index contributed by atoms with van der Waals surface area (Å²) in [5, 5.41) is 0. The number of hydrogen-bond donors (Lipinski definition) is 0. The molecule has 27 heavy (non-hydrogen) atoms. The van der Waals surface area contributed by atoms with Crippen LogP contribution in [0.5, 0.6) is 0 Å². The van der Waals surface area contributed by atoms with Crippen LogP contribution in [-0.2, 0) is 4.79 Å². The van der Waals surface area contributed by atoms with Crippen LogP contribution in [0.25, 0.3) is 12.2 Å². The van der Waals surface area contributed by atoms with Gasteiger partial charge in [0.05, 0.1) is 0 Å². The molecule has 1 saturated heterocycles. The molecule has 0 radical (unpaired) electrons. The van der Waals surface area contributed by atoms with Crippen LogP contribution in [0.3, 0.4) is 0 Å². The van der Waals surface area contributed by atoms with E-state index in [-0.39, 0.29) is 5.78 Å². The lowest BCUT2D eigenvalue weighted by molar-refractivity contribution is -0.112. The number of benzene rings is 2. The van der Waals surface area contributed by atoms with E-state index in [1.54, 1.807) is 0 Å². The highest BCUT2D eigenvalue weighted by molar-refractivity contribution is 7.99. The van der Waals surface area contributed by atoms with Crippen molar-refractivity contribution in [3.8, 4) is 0 Å². The van der Waals surface area contributed by atoms with Gasteiger partial charge in [0.1, 0.15) is 0 Å². The Morgan fingerprint density at radius 3 is 1.48 bits per heavy atom. The number of rotatable bonds is 2. The number of aryl methyl sites for hydroxylation is 2. The first kappa shape index (κ1) is 19.7. The van der Waals surface area contributed by atoms with Crippen LogP contribution < -0.4 is 0 Å². The lowest BCUT2D eigenvalue weighted by atomic mass is 9.94. The quantitative estimate of drug-likeness (QED) is 0.571. The zero-order chi connectivity index (χ0) is 19.7. The molecule has 0 amide bonds. The van der Waals surface area contributed by atoms with Gasteiger partial charge in [-0.25, -0.2) is 0 Å². The molecule has 0 N–H and O–H groups in total. The van der Waals surface area contributed by atoms with Crippen molar-refractivity contribution in [3.63, 3.8) is 0 Å². The van der Waals surface area contributed by atoms with Gasteiger partial charge in [0.15, 0.2) is 5.78 Å². The van der Waals surface area contributed by atoms with Crippen molar-refractivity contribution in [3.05, 3.63) is 79.9 Å². The summed E-state index contributed by atoms with van der Waals surface area (Å²) < 4.78 is 0. The first-order valence-corrected chi connectivity index (χ1v) is 10.6. The van der Waals surface area contributed by atoms with Gasteiger partial charge >= 0.3 is 0 Å². The topological polar surface area (TPSA) is 17.1 Å². The van der Waals surface area contributed by atoms with Crippen molar-refractivity contribution >= 4 is 29.7 Å². The number of ketones is 1. The third-order valence-electron chi connectivity index (χ3n) is 5.96. The fourth-order valence-electron chi connectivity index (χ4n) is 3.46. The zero-order valence-electron chi connectivity index (χ0n) is 17.2. The molecule has 0 aromatic heterocycles. The number of carbonyl (C=O) groups excluding carboxylic acids is 1. The third kappa shape index (κ3) is 3.96. The highest BCUT2D eigenvalue weighted by Crippen LogP contribution is 2.29. The zero-order valence-corrected chi connectivity index (χ0v) is 18.0. The average Bonchev–Trinajstić information content (AvgIpc) is 2.65. The Balaban J connectivity index is 1.97. The molecule has 0 aliphatic carbocycles. The molecule has 1 fully saturated rings. The minimum atomic E-state index is 0.198. The van der Waals surface area contributed by atoms with Crippen LogP contribution in [0, 0.1) is 41.5 Å². The van der Waals surface area contributed by atoms with Crippen molar-refractivity contribution in [2.24, 2.45) is 0 Å². The molecular weight excluding hydrogens is 348 g/mol. The number of Topliss-reactive ketones (excluding diaryl/α,β-unsaturated/α-hetero) is 1. The molecule has 1 aliphatic rings. The van der Waals surface area contributed by atoms with Crippen molar-refractivity contribution < 1.29 is 4.79 Å². The lowest BCUT2D eigenvalue weighted by Gasteiger charge is -2.18. The van der Waals surface area contributed by atoms with E-state index in [2.05, 4.69) is 78.0 Å². The van der Waals surface area contributed by atoms with Crippen LogP contribution >= 0.6 is 11.8 Å². The van der Waals surface area contributed by atoms with E-state index in [0.717, 1.165) is 33.8 Å². The molecule has 2 aromatic carbocycles. The predicted molar refractivity (Wildman–Crippen MR) is 120 cm³/mol. The van der Waals surface area contributed by atoms with Gasteiger partial charge in [-0.15, -0.1) is 0 Å². The van der Waals surface area contributed by atoms with Gasteiger partial charge in [-0.1, -0.05) is 24.3 Å². The maximum absolute atomic E-state index is 13.1. The third-order valence-corrected chi connectivity index (χ3v) is 6.99. The van der Waals surface area contributed by atoms with Crippen molar-refractivity contribution in [2.75, 3.05) is 11.5 Å². The summed E-state index contributed by atoms with van der Waals surface area (Å²) in [7, 11) is 0. The molecule has 1 nitrogen and oxygen atoms in total. The van der Waals surface area contributed by atoms with E-state index >= 15 is 0 Å². The first-order valence-electron chi connectivity index (χ1n) is 9.46. The Hall–Kier alpha value is -2.06. The summed E-state index contributed by atoms with van der Waals surface area (Å²) in [5.41, 5.74) is 11.9. The smallest absolute Gasteiger partial charge is 0.186 e. The maximum Gasteiger partial charge on any atom is 0.186 e. The molecule has 0 atom stereocenters. The lowest BCUT2D eigenvalue weighted by Crippen LogP contribution is -2.16. The van der Waals surface area contributed by atoms with Crippen molar-refractivity contribution in [1.82, 2.24) is 0 Å². The molecule has 2 aromatic rings. The SMILES string of the molecule is Cc1ccc(/C=C2\CSC/C(=C\c3ccc(C)c(C)c3C)C2=O)c(C)c1C. The van der Waals surface area contributed by atoms with Gasteiger partial charge in [-0.05, 0) is 98.2 Å². The van der Waals surface area contributed by atoms with Crippen LogP contribution in [0.2, 0.25) is 0 Å². The number of thioether (sulfide) groups is 1. The number of carbonyl (C=O) groups is 1. The summed E-state index contributed by atoms with van der Waals surface area (Å²) in [6.07, 6.45) is 4.19. The summed E-state index contributed by atoms with van der Waals surface area (Å²) in [5.74, 6) is 1.77. The van der Waals surface area contributed by atoms with Crippen LogP contribution in [0.15, 0.2) is 35.4 Å². The standard InChI is InChI=1S/C25H28OS/c1-15-7-9-21(19(5)17(15)3)11-23-13-27-14-24(25(23)26)12-22-10-8-16(2)18(4)20(22)6/h7-12H,13-14H2,1-6H3/b23-11+,24-12+. The highest BCUT2D eigenvalue weighted by atomic mass is 32.2. The van der Waals surface area contributed by atoms with E-state index in [0.29, 0.717) is 0 Å². The number of hydrogen-bond acceptors (Lipinski definition) is 2. The Kier molecular flexibility index (Phi) is 5.76. The monoisotopic (exact) mass is 376 g/mol. The minimum Gasteiger partial charge on any atom is -0.289 e. The van der Waals surface area contributed by atoms with E-state index in [1.165, 1.54) is 33.4 Å². The summed E-state index contributed by atoms with van der Waals surface area (Å²) in [6.45, 7) is 12.9. The molecule has 3 rings (SSSR count). The molecule has 0 saturated carbocycles. The molecule has 0 bridgehead atoms. The van der Waals surface area contributed by atoms with Gasteiger partial charge < -0.3 is 0 Å². The second-order valence-electron chi connectivity index (χ2n) is 7.60. The second-order valence-corrected chi connectivity index (χ2v) is 8.59. The van der Waals surface area contributed by atoms with E-state index in [9.17, 15) is 4.79 Å². The second kappa shape index (κ2) is 7.90. The molecule has 1 aliphatic heterocycles. The fourth-order valence-corrected chi connectivity index (χ4v) is 4.44. The largest absolute Gasteiger partial charge is 0.289 e. The molecule has 140 valence electrons. The molecule has 0 spiro atoms. The first-order chi connectivity index (χ1) is 12.8. The van der Waals surface area contributed by atoms with Crippen LogP contribution in [-0.4, -0.2) is 17.3 Å². The predicted octanol–water partition coefficient (Wildman–Crippen LogP) is 6.32. The summed E-state index contributed by atoms with van der Waals surface area (Å²) in [4.78, 5) is 13.1. The van der Waals surface area contributed by atoms with Gasteiger partial charge in [0, 0.05) is 22.7 Å². The molecule has 0 unspecified atom stereocenters. The Morgan fingerprint density at radius 2 is 1.07 bits per heavy atom. The Bertz CT molecular complexity index is 899. The van der Waals surface area contributed by atoms with Gasteiger partial charge in [-0.3, -0.25) is 4.79 Å². The van der Waals surface area contributed by atoms with Crippen LogP contribution in [0.4, 0.5) is 0 Å². The van der Waals surface area contributed by atoms with Crippen molar-refractivity contribution in [1.29, 1.82) is 0 Å². The highest BCUT2D eigenvalue weighted by Gasteiger charge is 2.21. The maximum atomic E-state index is 13.1. The normalized spacial score (nSPS) is 17.8. The minimum absolute atomic E-state index is 0.198. The molecule has 2 heteroatoms. The van der Waals surface area contributed by atoms with Crippen LogP contribution in [0.1, 0.15) is 44.5 Å². The van der Waals surface area contributed by atoms with Crippen molar-refractivity contribution in [2.45, 2.75) is 41.5 Å².